The molecule has 3 rings (SSSR count). The van der Waals surface area contributed by atoms with Gasteiger partial charge in [0, 0.05) is 23.6 Å². The van der Waals surface area contributed by atoms with E-state index >= 15 is 0 Å². The van der Waals surface area contributed by atoms with Crippen molar-refractivity contribution < 1.29 is 13.2 Å². The first kappa shape index (κ1) is 23.1. The average molecular weight is 477 g/mol. The Labute approximate surface area is 192 Å². The number of likely N-dealkylation sites (N-methyl/N-ethyl adjacent to an activating group) is 1. The zero-order valence-electron chi connectivity index (χ0n) is 17.1. The molecule has 0 aliphatic heterocycles. The van der Waals surface area contributed by atoms with Crippen LogP contribution in [0, 0.1) is 6.92 Å². The molecule has 0 radical (unpaired) electrons. The number of carbonyl (C=O) groups excluding carboxylic acids is 1. The summed E-state index contributed by atoms with van der Waals surface area (Å²) < 4.78 is 27.9. The monoisotopic (exact) mass is 476 g/mol. The van der Waals surface area contributed by atoms with Gasteiger partial charge in [0.1, 0.15) is 6.54 Å². The Bertz CT molecular complexity index is 1160. The molecule has 0 aromatic heterocycles. The number of sulfonamides is 1. The molecule has 1 amide bonds. The van der Waals surface area contributed by atoms with Crippen molar-refractivity contribution in [3.8, 4) is 0 Å². The minimum absolute atomic E-state index is 0.0616. The molecule has 0 saturated carbocycles. The van der Waals surface area contributed by atoms with Crippen molar-refractivity contribution >= 4 is 44.8 Å². The van der Waals surface area contributed by atoms with Crippen LogP contribution in [0.25, 0.3) is 0 Å². The molecule has 0 aliphatic carbocycles. The lowest BCUT2D eigenvalue weighted by atomic mass is 10.2. The van der Waals surface area contributed by atoms with Crippen LogP contribution in [0.5, 0.6) is 0 Å². The minimum atomic E-state index is -3.98. The van der Waals surface area contributed by atoms with Gasteiger partial charge in [-0.15, -0.1) is 0 Å². The summed E-state index contributed by atoms with van der Waals surface area (Å²) in [5, 5.41) is 1.04. The number of amides is 1. The second kappa shape index (κ2) is 9.73. The van der Waals surface area contributed by atoms with E-state index in [9.17, 15) is 13.2 Å². The maximum atomic E-state index is 13.4. The molecule has 5 nitrogen and oxygen atoms in total. The third-order valence-corrected chi connectivity index (χ3v) is 7.02. The zero-order chi connectivity index (χ0) is 22.6. The fraction of sp³-hybridized carbons (Fsp3) is 0.174. The van der Waals surface area contributed by atoms with Crippen LogP contribution in [0.2, 0.25) is 10.0 Å². The molecule has 0 fully saturated rings. The van der Waals surface area contributed by atoms with E-state index in [-0.39, 0.29) is 17.3 Å². The second-order valence-electron chi connectivity index (χ2n) is 7.18. The first-order chi connectivity index (χ1) is 14.7. The third kappa shape index (κ3) is 5.79. The molecule has 0 bridgehead atoms. The molecule has 0 saturated heterocycles. The van der Waals surface area contributed by atoms with Gasteiger partial charge in [-0.25, -0.2) is 8.42 Å². The van der Waals surface area contributed by atoms with Gasteiger partial charge in [0.2, 0.25) is 5.91 Å². The highest BCUT2D eigenvalue weighted by atomic mass is 35.5. The van der Waals surface area contributed by atoms with E-state index in [0.29, 0.717) is 22.3 Å². The number of carbonyl (C=O) groups is 1. The van der Waals surface area contributed by atoms with Crippen LogP contribution >= 0.6 is 23.2 Å². The number of anilines is 1. The molecule has 0 heterocycles. The zero-order valence-corrected chi connectivity index (χ0v) is 19.5. The van der Waals surface area contributed by atoms with Gasteiger partial charge in [-0.1, -0.05) is 47.5 Å². The van der Waals surface area contributed by atoms with Crippen LogP contribution in [-0.4, -0.2) is 32.8 Å². The van der Waals surface area contributed by atoms with Crippen molar-refractivity contribution in [3.05, 3.63) is 94.0 Å². The average Bonchev–Trinajstić information content (AvgIpc) is 2.73. The maximum absolute atomic E-state index is 13.4. The summed E-state index contributed by atoms with van der Waals surface area (Å²) in [6.07, 6.45) is 0. The van der Waals surface area contributed by atoms with Crippen LogP contribution in [0.1, 0.15) is 11.1 Å². The van der Waals surface area contributed by atoms with Gasteiger partial charge < -0.3 is 4.90 Å². The number of rotatable bonds is 7. The van der Waals surface area contributed by atoms with Crippen molar-refractivity contribution in [2.75, 3.05) is 17.9 Å². The Morgan fingerprint density at radius 3 is 2.06 bits per heavy atom. The Hall–Kier alpha value is -2.54. The van der Waals surface area contributed by atoms with E-state index in [2.05, 4.69) is 0 Å². The molecule has 0 N–H and O–H groups in total. The Kier molecular flexibility index (Phi) is 7.26. The lowest BCUT2D eigenvalue weighted by molar-refractivity contribution is -0.128. The SMILES string of the molecule is Cc1cccc(N(CC(=O)N(C)Cc2ccc(Cl)cc2)S(=O)(=O)c2ccc(Cl)cc2)c1. The van der Waals surface area contributed by atoms with Crippen LogP contribution in [0.4, 0.5) is 5.69 Å². The molecule has 3 aromatic carbocycles. The quantitative estimate of drug-likeness (QED) is 0.473. The summed E-state index contributed by atoms with van der Waals surface area (Å²) in [4.78, 5) is 14.5. The summed E-state index contributed by atoms with van der Waals surface area (Å²) in [6.45, 7) is 1.86. The van der Waals surface area contributed by atoms with E-state index in [1.165, 1.54) is 29.2 Å². The van der Waals surface area contributed by atoms with Gasteiger partial charge in [0.15, 0.2) is 0 Å². The Morgan fingerprint density at radius 2 is 1.48 bits per heavy atom. The minimum Gasteiger partial charge on any atom is -0.340 e. The molecule has 162 valence electrons. The van der Waals surface area contributed by atoms with Crippen molar-refractivity contribution in [3.63, 3.8) is 0 Å². The number of halogens is 2. The van der Waals surface area contributed by atoms with Gasteiger partial charge in [0.25, 0.3) is 10.0 Å². The standard InChI is InChI=1S/C23H22Cl2N2O3S/c1-17-4-3-5-21(14-17)27(31(29,30)22-12-10-20(25)11-13-22)16-23(28)26(2)15-18-6-8-19(24)9-7-18/h3-14H,15-16H2,1-2H3. The predicted octanol–water partition coefficient (Wildman–Crippen LogP) is 5.16. The number of aryl methyl sites for hydroxylation is 1. The van der Waals surface area contributed by atoms with E-state index in [0.717, 1.165) is 15.4 Å². The molecule has 0 aliphatic rings. The number of hydrogen-bond acceptors (Lipinski definition) is 3. The van der Waals surface area contributed by atoms with Gasteiger partial charge in [-0.05, 0) is 66.6 Å². The molecule has 8 heteroatoms. The summed E-state index contributed by atoms with van der Waals surface area (Å²) in [5.74, 6) is -0.339. The summed E-state index contributed by atoms with van der Waals surface area (Å²) in [7, 11) is -2.35. The van der Waals surface area contributed by atoms with Crippen molar-refractivity contribution in [2.24, 2.45) is 0 Å². The second-order valence-corrected chi connectivity index (χ2v) is 9.92. The number of hydrogen-bond donors (Lipinski definition) is 0. The molecular weight excluding hydrogens is 455 g/mol. The number of nitrogens with zero attached hydrogens (tertiary/aromatic N) is 2. The smallest absolute Gasteiger partial charge is 0.264 e. The molecule has 0 spiro atoms. The fourth-order valence-corrected chi connectivity index (χ4v) is 4.69. The van der Waals surface area contributed by atoms with Crippen LogP contribution < -0.4 is 4.31 Å². The lowest BCUT2D eigenvalue weighted by Crippen LogP contribution is -2.41. The Morgan fingerprint density at radius 1 is 0.903 bits per heavy atom. The van der Waals surface area contributed by atoms with Gasteiger partial charge in [-0.2, -0.15) is 0 Å². The lowest BCUT2D eigenvalue weighted by Gasteiger charge is -2.27. The summed E-state index contributed by atoms with van der Waals surface area (Å²) >= 11 is 11.8. The normalized spacial score (nSPS) is 11.2. The van der Waals surface area contributed by atoms with E-state index < -0.39 is 10.0 Å². The van der Waals surface area contributed by atoms with E-state index in [1.54, 1.807) is 37.4 Å². The van der Waals surface area contributed by atoms with Gasteiger partial charge >= 0.3 is 0 Å². The predicted molar refractivity (Wildman–Crippen MR) is 125 cm³/mol. The topological polar surface area (TPSA) is 57.7 Å². The largest absolute Gasteiger partial charge is 0.340 e. The van der Waals surface area contributed by atoms with E-state index in [1.807, 2.05) is 25.1 Å². The van der Waals surface area contributed by atoms with Gasteiger partial charge in [-0.3, -0.25) is 9.10 Å². The highest BCUT2D eigenvalue weighted by molar-refractivity contribution is 7.92. The van der Waals surface area contributed by atoms with Crippen LogP contribution in [-0.2, 0) is 21.4 Å². The highest BCUT2D eigenvalue weighted by Gasteiger charge is 2.28. The van der Waals surface area contributed by atoms with Gasteiger partial charge in [0.05, 0.1) is 10.6 Å². The first-order valence-corrected chi connectivity index (χ1v) is 11.7. The maximum Gasteiger partial charge on any atom is 0.264 e. The molecule has 31 heavy (non-hydrogen) atoms. The molecule has 0 unspecified atom stereocenters. The fourth-order valence-electron chi connectivity index (χ4n) is 3.03. The third-order valence-electron chi connectivity index (χ3n) is 4.73. The van der Waals surface area contributed by atoms with Crippen LogP contribution in [0.15, 0.2) is 77.7 Å². The Balaban J connectivity index is 1.90. The summed E-state index contributed by atoms with van der Waals surface area (Å²) in [5.41, 5.74) is 2.20. The van der Waals surface area contributed by atoms with Crippen molar-refractivity contribution in [1.82, 2.24) is 4.90 Å². The summed E-state index contributed by atoms with van der Waals surface area (Å²) in [6, 6.07) is 20.1. The molecule has 3 aromatic rings. The number of benzene rings is 3. The van der Waals surface area contributed by atoms with Crippen molar-refractivity contribution in [2.45, 2.75) is 18.4 Å². The molecular formula is C23H22Cl2N2O3S. The first-order valence-electron chi connectivity index (χ1n) is 9.50. The van der Waals surface area contributed by atoms with Crippen LogP contribution in [0.3, 0.4) is 0 Å². The molecule has 0 atom stereocenters. The van der Waals surface area contributed by atoms with E-state index in [4.69, 9.17) is 23.2 Å². The highest BCUT2D eigenvalue weighted by Crippen LogP contribution is 2.26. The van der Waals surface area contributed by atoms with Crippen molar-refractivity contribution in [1.29, 1.82) is 0 Å².